The van der Waals surface area contributed by atoms with E-state index in [4.69, 9.17) is 5.26 Å². The Bertz CT molecular complexity index is 1000. The molecule has 0 saturated heterocycles. The Morgan fingerprint density at radius 2 is 1.60 bits per heavy atom. The van der Waals surface area contributed by atoms with Gasteiger partial charge in [-0.1, -0.05) is 30.3 Å². The second kappa shape index (κ2) is 10.1. The molecule has 0 radical (unpaired) electrons. The summed E-state index contributed by atoms with van der Waals surface area (Å²) in [5.74, 6) is -0.114. The van der Waals surface area contributed by atoms with Gasteiger partial charge in [-0.25, -0.2) is 0 Å². The molecule has 0 bridgehead atoms. The fourth-order valence-electron chi connectivity index (χ4n) is 3.05. The smallest absolute Gasteiger partial charge is 0.387 e. The molecule has 0 aromatic heterocycles. The van der Waals surface area contributed by atoms with Crippen molar-refractivity contribution in [3.8, 4) is 11.8 Å². The number of nitrogens with two attached hydrogens (primary N) is 1. The minimum atomic E-state index is -2.88. The van der Waals surface area contributed by atoms with Crippen LogP contribution in [0.2, 0.25) is 0 Å². The zero-order valence-corrected chi connectivity index (χ0v) is 16.0. The zero-order chi connectivity index (χ0) is 21.3. The Labute approximate surface area is 172 Å². The average Bonchev–Trinajstić information content (AvgIpc) is 2.76. The van der Waals surface area contributed by atoms with E-state index in [1.54, 1.807) is 36.4 Å². The highest BCUT2D eigenvalue weighted by atomic mass is 19.3. The van der Waals surface area contributed by atoms with Crippen LogP contribution in [0.1, 0.15) is 22.7 Å². The standard InChI is InChI=1S/C23H19F2N3O2/c24-23(25)30-20-12-8-18(9-13-20)22(17-4-2-1-3-5-17)27-15-21(29)28-19-10-6-16(14-26)7-11-19/h1-13,22-23,27H,15H2,(H,28,29)/p+1/t22-/m0/s1. The predicted octanol–water partition coefficient (Wildman–Crippen LogP) is 3.45. The van der Waals surface area contributed by atoms with Crippen molar-refractivity contribution in [1.29, 1.82) is 5.26 Å². The van der Waals surface area contributed by atoms with Crippen molar-refractivity contribution in [3.63, 3.8) is 0 Å². The van der Waals surface area contributed by atoms with E-state index >= 15 is 0 Å². The molecule has 0 heterocycles. The summed E-state index contributed by atoms with van der Waals surface area (Å²) >= 11 is 0. The molecule has 3 N–H and O–H groups in total. The summed E-state index contributed by atoms with van der Waals surface area (Å²) < 4.78 is 29.2. The highest BCUT2D eigenvalue weighted by Gasteiger charge is 2.19. The summed E-state index contributed by atoms with van der Waals surface area (Å²) in [6, 6.07) is 24.5. The number of hydrogen-bond acceptors (Lipinski definition) is 3. The van der Waals surface area contributed by atoms with Crippen LogP contribution in [0.3, 0.4) is 0 Å². The molecule has 0 fully saturated rings. The number of ether oxygens (including phenoxy) is 1. The molecule has 0 spiro atoms. The van der Waals surface area contributed by atoms with Crippen LogP contribution in [0.15, 0.2) is 78.9 Å². The third kappa shape index (κ3) is 5.87. The maximum absolute atomic E-state index is 12.4. The Balaban J connectivity index is 1.70. The third-order valence-corrected chi connectivity index (χ3v) is 4.46. The molecule has 0 saturated carbocycles. The first-order chi connectivity index (χ1) is 14.5. The van der Waals surface area contributed by atoms with Crippen LogP contribution in [0.5, 0.6) is 5.75 Å². The van der Waals surface area contributed by atoms with Gasteiger partial charge in [-0.05, 0) is 48.5 Å². The second-order valence-corrected chi connectivity index (χ2v) is 6.51. The lowest BCUT2D eigenvalue weighted by atomic mass is 9.98. The van der Waals surface area contributed by atoms with Crippen molar-refractivity contribution in [3.05, 3.63) is 95.6 Å². The summed E-state index contributed by atoms with van der Waals surface area (Å²) in [5, 5.41) is 13.5. The Morgan fingerprint density at radius 3 is 2.20 bits per heavy atom. The van der Waals surface area contributed by atoms with E-state index < -0.39 is 6.61 Å². The Morgan fingerprint density at radius 1 is 0.967 bits per heavy atom. The maximum Gasteiger partial charge on any atom is 0.387 e. The van der Waals surface area contributed by atoms with Gasteiger partial charge in [0, 0.05) is 16.8 Å². The molecule has 1 amide bonds. The van der Waals surface area contributed by atoms with Crippen LogP contribution in [0, 0.1) is 11.3 Å². The van der Waals surface area contributed by atoms with Crippen molar-refractivity contribution < 1.29 is 23.6 Å². The number of halogens is 2. The van der Waals surface area contributed by atoms with E-state index in [-0.39, 0.29) is 24.2 Å². The van der Waals surface area contributed by atoms with Gasteiger partial charge in [0.1, 0.15) is 11.8 Å². The van der Waals surface area contributed by atoms with E-state index in [0.29, 0.717) is 11.3 Å². The first kappa shape index (κ1) is 21.0. The first-order valence-corrected chi connectivity index (χ1v) is 9.28. The van der Waals surface area contributed by atoms with Crippen molar-refractivity contribution in [2.75, 3.05) is 11.9 Å². The molecule has 0 aliphatic rings. The predicted molar refractivity (Wildman–Crippen MR) is 108 cm³/mol. The van der Waals surface area contributed by atoms with Crippen LogP contribution in [0.25, 0.3) is 0 Å². The van der Waals surface area contributed by atoms with Gasteiger partial charge in [0.05, 0.1) is 11.6 Å². The van der Waals surface area contributed by atoms with Gasteiger partial charge in [0.2, 0.25) is 0 Å². The van der Waals surface area contributed by atoms with Gasteiger partial charge in [0.25, 0.3) is 5.91 Å². The number of nitrogens with one attached hydrogen (secondary N) is 1. The molecular formula is C23H20F2N3O2+. The number of alkyl halides is 2. The lowest BCUT2D eigenvalue weighted by Crippen LogP contribution is -2.87. The van der Waals surface area contributed by atoms with Crippen LogP contribution >= 0.6 is 0 Å². The van der Waals surface area contributed by atoms with Crippen LogP contribution in [-0.4, -0.2) is 19.1 Å². The summed E-state index contributed by atoms with van der Waals surface area (Å²) in [4.78, 5) is 12.4. The number of benzene rings is 3. The highest BCUT2D eigenvalue weighted by molar-refractivity contribution is 5.91. The van der Waals surface area contributed by atoms with E-state index in [0.717, 1.165) is 11.1 Å². The van der Waals surface area contributed by atoms with Crippen LogP contribution < -0.4 is 15.4 Å². The van der Waals surface area contributed by atoms with Crippen molar-refractivity contribution >= 4 is 11.6 Å². The maximum atomic E-state index is 12.4. The molecule has 30 heavy (non-hydrogen) atoms. The van der Waals surface area contributed by atoms with Crippen LogP contribution in [0.4, 0.5) is 14.5 Å². The van der Waals surface area contributed by atoms with E-state index in [9.17, 15) is 13.6 Å². The molecule has 0 aliphatic heterocycles. The third-order valence-electron chi connectivity index (χ3n) is 4.46. The zero-order valence-electron chi connectivity index (χ0n) is 16.0. The van der Waals surface area contributed by atoms with E-state index in [1.165, 1.54) is 12.1 Å². The number of nitriles is 1. The monoisotopic (exact) mass is 408 g/mol. The van der Waals surface area contributed by atoms with Gasteiger partial charge in [-0.3, -0.25) is 4.79 Å². The molecular weight excluding hydrogens is 388 g/mol. The van der Waals surface area contributed by atoms with Gasteiger partial charge >= 0.3 is 6.61 Å². The quantitative estimate of drug-likeness (QED) is 0.599. The largest absolute Gasteiger partial charge is 0.435 e. The number of carbonyl (C=O) groups is 1. The van der Waals surface area contributed by atoms with Gasteiger partial charge in [-0.2, -0.15) is 14.0 Å². The number of hydrogen-bond donors (Lipinski definition) is 2. The fourth-order valence-corrected chi connectivity index (χ4v) is 3.05. The minimum absolute atomic E-state index is 0.0825. The number of anilines is 1. The number of quaternary nitrogens is 1. The molecule has 7 heteroatoms. The van der Waals surface area contributed by atoms with E-state index in [2.05, 4.69) is 10.1 Å². The molecule has 5 nitrogen and oxygen atoms in total. The normalized spacial score (nSPS) is 11.5. The molecule has 0 aliphatic carbocycles. The molecule has 3 aromatic carbocycles. The average molecular weight is 408 g/mol. The van der Waals surface area contributed by atoms with Crippen LogP contribution in [-0.2, 0) is 4.79 Å². The molecule has 152 valence electrons. The lowest BCUT2D eigenvalue weighted by molar-refractivity contribution is -0.676. The SMILES string of the molecule is N#Cc1ccc(NC(=O)C[NH2+][C@@H](c2ccccc2)c2ccc(OC(F)F)cc2)cc1. The molecule has 3 rings (SSSR count). The summed E-state index contributed by atoms with van der Waals surface area (Å²) in [6.45, 7) is -2.73. The molecule has 0 unspecified atom stereocenters. The van der Waals surface area contributed by atoms with E-state index in [1.807, 2.05) is 41.7 Å². The Kier molecular flexibility index (Phi) is 7.09. The van der Waals surface area contributed by atoms with Gasteiger partial charge in [-0.15, -0.1) is 0 Å². The lowest BCUT2D eigenvalue weighted by Gasteiger charge is -2.17. The molecule has 1 atom stereocenters. The number of amides is 1. The van der Waals surface area contributed by atoms with Crippen molar-refractivity contribution in [1.82, 2.24) is 0 Å². The van der Waals surface area contributed by atoms with Gasteiger partial charge in [0.15, 0.2) is 6.54 Å². The molecule has 3 aromatic rings. The summed E-state index contributed by atoms with van der Waals surface area (Å²) in [5.41, 5.74) is 2.96. The first-order valence-electron chi connectivity index (χ1n) is 9.28. The van der Waals surface area contributed by atoms with Gasteiger partial charge < -0.3 is 15.4 Å². The number of nitrogens with zero attached hydrogens (tertiary/aromatic N) is 1. The topological polar surface area (TPSA) is 78.7 Å². The second-order valence-electron chi connectivity index (χ2n) is 6.51. The highest BCUT2D eigenvalue weighted by Crippen LogP contribution is 2.22. The summed E-state index contributed by atoms with van der Waals surface area (Å²) in [6.07, 6.45) is 0. The van der Waals surface area contributed by atoms with Crippen molar-refractivity contribution in [2.45, 2.75) is 12.7 Å². The Hall–Kier alpha value is -3.76. The fraction of sp³-hybridized carbons (Fsp3) is 0.130. The van der Waals surface area contributed by atoms with Crippen molar-refractivity contribution in [2.24, 2.45) is 0 Å². The number of rotatable bonds is 8. The number of carbonyl (C=O) groups excluding carboxylic acids is 1. The summed E-state index contributed by atoms with van der Waals surface area (Å²) in [7, 11) is 0. The minimum Gasteiger partial charge on any atom is -0.435 e.